The molecular formula is C14H15Cl2NO2. The third-order valence-corrected chi connectivity index (χ3v) is 4.11. The number of nitrogens with zero attached hydrogens (tertiary/aromatic N) is 1. The van der Waals surface area contributed by atoms with Crippen molar-refractivity contribution in [3.05, 3.63) is 33.8 Å². The Kier molecular flexibility index (Phi) is 4.83. The van der Waals surface area contributed by atoms with Crippen molar-refractivity contribution in [3.8, 4) is 0 Å². The summed E-state index contributed by atoms with van der Waals surface area (Å²) in [6.07, 6.45) is 3.83. The van der Waals surface area contributed by atoms with Gasteiger partial charge in [0.1, 0.15) is 6.29 Å². The minimum absolute atomic E-state index is 0.0322. The summed E-state index contributed by atoms with van der Waals surface area (Å²) in [4.78, 5) is 24.9. The van der Waals surface area contributed by atoms with Gasteiger partial charge in [0.05, 0.1) is 22.5 Å². The van der Waals surface area contributed by atoms with Crippen LogP contribution in [0.5, 0.6) is 0 Å². The van der Waals surface area contributed by atoms with Gasteiger partial charge < -0.3 is 9.69 Å². The Hall–Kier alpha value is -1.06. The molecule has 1 heterocycles. The number of amides is 1. The van der Waals surface area contributed by atoms with E-state index in [0.717, 1.165) is 31.1 Å². The molecule has 1 unspecified atom stereocenters. The molecular weight excluding hydrogens is 285 g/mol. The maximum absolute atomic E-state index is 12.2. The zero-order valence-electron chi connectivity index (χ0n) is 10.4. The van der Waals surface area contributed by atoms with E-state index in [1.165, 1.54) is 0 Å². The van der Waals surface area contributed by atoms with E-state index in [0.29, 0.717) is 16.6 Å². The zero-order valence-corrected chi connectivity index (χ0v) is 12.0. The molecule has 3 nitrogen and oxygen atoms in total. The SMILES string of the molecule is O=CC1CCCCN1C(=O)Cc1ccc(Cl)c(Cl)c1. The minimum atomic E-state index is -0.274. The predicted molar refractivity (Wildman–Crippen MR) is 75.6 cm³/mol. The maximum Gasteiger partial charge on any atom is 0.227 e. The fraction of sp³-hybridized carbons (Fsp3) is 0.429. The summed E-state index contributed by atoms with van der Waals surface area (Å²) in [5.41, 5.74) is 0.814. The van der Waals surface area contributed by atoms with Gasteiger partial charge in [-0.15, -0.1) is 0 Å². The molecule has 0 aliphatic carbocycles. The number of hydrogen-bond donors (Lipinski definition) is 0. The van der Waals surface area contributed by atoms with Gasteiger partial charge in [-0.1, -0.05) is 29.3 Å². The van der Waals surface area contributed by atoms with Crippen LogP contribution < -0.4 is 0 Å². The lowest BCUT2D eigenvalue weighted by Crippen LogP contribution is -2.45. The molecule has 0 N–H and O–H groups in total. The number of benzene rings is 1. The van der Waals surface area contributed by atoms with Gasteiger partial charge >= 0.3 is 0 Å². The Morgan fingerprint density at radius 3 is 2.79 bits per heavy atom. The molecule has 102 valence electrons. The molecule has 0 saturated carbocycles. The van der Waals surface area contributed by atoms with E-state index >= 15 is 0 Å². The Bertz CT molecular complexity index is 490. The molecule has 0 radical (unpaired) electrons. The fourth-order valence-electron chi connectivity index (χ4n) is 2.33. The van der Waals surface area contributed by atoms with Crippen LogP contribution in [0.3, 0.4) is 0 Å². The molecule has 1 saturated heterocycles. The Morgan fingerprint density at radius 1 is 1.32 bits per heavy atom. The summed E-state index contributed by atoms with van der Waals surface area (Å²) in [7, 11) is 0. The van der Waals surface area contributed by atoms with E-state index in [-0.39, 0.29) is 18.4 Å². The average Bonchev–Trinajstić information content (AvgIpc) is 2.43. The van der Waals surface area contributed by atoms with E-state index in [4.69, 9.17) is 23.2 Å². The molecule has 19 heavy (non-hydrogen) atoms. The second-order valence-electron chi connectivity index (χ2n) is 4.71. The number of carbonyl (C=O) groups is 2. The van der Waals surface area contributed by atoms with E-state index < -0.39 is 0 Å². The standard InChI is InChI=1S/C14H15Cl2NO2/c15-12-5-4-10(7-13(12)16)8-14(19)17-6-2-1-3-11(17)9-18/h4-5,7,9,11H,1-3,6,8H2. The predicted octanol–water partition coefficient (Wildman–Crippen LogP) is 3.12. The first-order valence-corrected chi connectivity index (χ1v) is 7.06. The molecule has 1 aliphatic heterocycles. The molecule has 0 spiro atoms. The summed E-state index contributed by atoms with van der Waals surface area (Å²) in [5.74, 6) is -0.0322. The Balaban J connectivity index is 2.07. The van der Waals surface area contributed by atoms with Crippen LogP contribution in [-0.2, 0) is 16.0 Å². The average molecular weight is 300 g/mol. The molecule has 5 heteroatoms. The lowest BCUT2D eigenvalue weighted by atomic mass is 10.0. The van der Waals surface area contributed by atoms with Gasteiger partial charge in [-0.3, -0.25) is 4.79 Å². The maximum atomic E-state index is 12.2. The van der Waals surface area contributed by atoms with E-state index in [1.54, 1.807) is 23.1 Å². The van der Waals surface area contributed by atoms with Crippen molar-refractivity contribution in [1.82, 2.24) is 4.90 Å². The molecule has 0 aromatic heterocycles. The largest absolute Gasteiger partial charge is 0.333 e. The third kappa shape index (κ3) is 3.48. The second kappa shape index (κ2) is 6.40. The zero-order chi connectivity index (χ0) is 13.8. The minimum Gasteiger partial charge on any atom is -0.333 e. The van der Waals surface area contributed by atoms with Gasteiger partial charge in [0.15, 0.2) is 0 Å². The second-order valence-corrected chi connectivity index (χ2v) is 5.53. The van der Waals surface area contributed by atoms with Gasteiger partial charge in [-0.05, 0) is 37.0 Å². The Labute approximate surface area is 122 Å². The first kappa shape index (κ1) is 14.4. The fourth-order valence-corrected chi connectivity index (χ4v) is 2.65. The smallest absolute Gasteiger partial charge is 0.227 e. The van der Waals surface area contributed by atoms with Crippen molar-refractivity contribution in [3.63, 3.8) is 0 Å². The van der Waals surface area contributed by atoms with Gasteiger partial charge in [0, 0.05) is 6.54 Å². The highest BCUT2D eigenvalue weighted by molar-refractivity contribution is 6.42. The van der Waals surface area contributed by atoms with E-state index in [2.05, 4.69) is 0 Å². The van der Waals surface area contributed by atoms with Crippen molar-refractivity contribution in [2.75, 3.05) is 6.54 Å². The molecule has 1 aromatic carbocycles. The summed E-state index contributed by atoms with van der Waals surface area (Å²) in [6, 6.07) is 4.89. The number of carbonyl (C=O) groups excluding carboxylic acids is 2. The van der Waals surface area contributed by atoms with Crippen molar-refractivity contribution in [2.45, 2.75) is 31.7 Å². The number of hydrogen-bond acceptors (Lipinski definition) is 2. The molecule has 2 rings (SSSR count). The normalized spacial score (nSPS) is 19.3. The first-order chi connectivity index (χ1) is 9.11. The number of halogens is 2. The van der Waals surface area contributed by atoms with E-state index in [1.807, 2.05) is 0 Å². The first-order valence-electron chi connectivity index (χ1n) is 6.30. The highest BCUT2D eigenvalue weighted by Gasteiger charge is 2.26. The van der Waals surface area contributed by atoms with Crippen LogP contribution in [0.15, 0.2) is 18.2 Å². The molecule has 0 bridgehead atoms. The van der Waals surface area contributed by atoms with Crippen LogP contribution in [0.25, 0.3) is 0 Å². The van der Waals surface area contributed by atoms with Crippen molar-refractivity contribution in [1.29, 1.82) is 0 Å². The lowest BCUT2D eigenvalue weighted by Gasteiger charge is -2.32. The summed E-state index contributed by atoms with van der Waals surface area (Å²) >= 11 is 11.8. The van der Waals surface area contributed by atoms with Crippen molar-refractivity contribution in [2.24, 2.45) is 0 Å². The summed E-state index contributed by atoms with van der Waals surface area (Å²) in [6.45, 7) is 0.656. The number of aldehydes is 1. The topological polar surface area (TPSA) is 37.4 Å². The third-order valence-electron chi connectivity index (χ3n) is 3.37. The monoisotopic (exact) mass is 299 g/mol. The van der Waals surface area contributed by atoms with E-state index in [9.17, 15) is 9.59 Å². The summed E-state index contributed by atoms with van der Waals surface area (Å²) < 4.78 is 0. The number of likely N-dealkylation sites (tertiary alicyclic amines) is 1. The molecule has 1 aliphatic rings. The molecule has 1 aromatic rings. The number of rotatable bonds is 3. The highest BCUT2D eigenvalue weighted by Crippen LogP contribution is 2.23. The molecule has 1 fully saturated rings. The molecule has 1 amide bonds. The van der Waals surface area contributed by atoms with Crippen molar-refractivity contribution >= 4 is 35.4 Å². The van der Waals surface area contributed by atoms with Gasteiger partial charge in [-0.2, -0.15) is 0 Å². The Morgan fingerprint density at radius 2 is 2.11 bits per heavy atom. The van der Waals surface area contributed by atoms with Gasteiger partial charge in [0.25, 0.3) is 0 Å². The highest BCUT2D eigenvalue weighted by atomic mass is 35.5. The van der Waals surface area contributed by atoms with Crippen LogP contribution in [-0.4, -0.2) is 29.7 Å². The van der Waals surface area contributed by atoms with Gasteiger partial charge in [0.2, 0.25) is 5.91 Å². The lowest BCUT2D eigenvalue weighted by molar-refractivity contribution is -0.137. The van der Waals surface area contributed by atoms with Crippen LogP contribution in [0.4, 0.5) is 0 Å². The van der Waals surface area contributed by atoms with Crippen LogP contribution in [0.1, 0.15) is 24.8 Å². The quantitative estimate of drug-likeness (QED) is 0.804. The van der Waals surface area contributed by atoms with Crippen LogP contribution in [0.2, 0.25) is 10.0 Å². The van der Waals surface area contributed by atoms with Crippen LogP contribution in [0, 0.1) is 0 Å². The summed E-state index contributed by atoms with van der Waals surface area (Å²) in [5, 5.41) is 0.916. The molecule has 1 atom stereocenters. The van der Waals surface area contributed by atoms with Crippen LogP contribution >= 0.6 is 23.2 Å². The number of piperidine rings is 1. The van der Waals surface area contributed by atoms with Gasteiger partial charge in [-0.25, -0.2) is 0 Å². The van der Waals surface area contributed by atoms with Crippen molar-refractivity contribution < 1.29 is 9.59 Å².